The van der Waals surface area contributed by atoms with E-state index < -0.39 is 0 Å². The Balaban J connectivity index is 1.77. The molecule has 0 aliphatic heterocycles. The predicted molar refractivity (Wildman–Crippen MR) is 80.1 cm³/mol. The maximum Gasteiger partial charge on any atom is 0.255 e. The van der Waals surface area contributed by atoms with Crippen LogP contribution in [0.15, 0.2) is 30.5 Å². The van der Waals surface area contributed by atoms with Crippen LogP contribution < -0.4 is 5.32 Å². The van der Waals surface area contributed by atoms with E-state index in [1.54, 1.807) is 12.1 Å². The highest BCUT2D eigenvalue weighted by atomic mass is 35.5. The fourth-order valence-corrected chi connectivity index (χ4v) is 2.44. The topological polar surface area (TPSA) is 78.0 Å². The van der Waals surface area contributed by atoms with Crippen LogP contribution in [0.3, 0.4) is 0 Å². The Labute approximate surface area is 127 Å². The molecule has 5 nitrogen and oxygen atoms in total. The minimum atomic E-state index is -0.196. The number of amides is 1. The smallest absolute Gasteiger partial charge is 0.255 e. The van der Waals surface area contributed by atoms with E-state index in [-0.39, 0.29) is 17.9 Å². The number of nitrogens with one attached hydrogen (secondary N) is 2. The van der Waals surface area contributed by atoms with Gasteiger partial charge in [-0.25, -0.2) is 0 Å². The molecular weight excluding hydrogens is 290 g/mol. The van der Waals surface area contributed by atoms with E-state index in [2.05, 4.69) is 15.5 Å². The Bertz CT molecular complexity index is 664. The van der Waals surface area contributed by atoms with Crippen LogP contribution in [0.25, 0.3) is 11.3 Å². The van der Waals surface area contributed by atoms with Gasteiger partial charge in [0.2, 0.25) is 0 Å². The quantitative estimate of drug-likeness (QED) is 0.792. The summed E-state index contributed by atoms with van der Waals surface area (Å²) in [6, 6.07) is 7.25. The van der Waals surface area contributed by atoms with E-state index in [4.69, 9.17) is 11.6 Å². The average molecular weight is 306 g/mol. The molecule has 3 N–H and O–H groups in total. The fourth-order valence-electron chi connectivity index (χ4n) is 2.25. The van der Waals surface area contributed by atoms with Gasteiger partial charge < -0.3 is 10.4 Å². The number of H-pyrrole nitrogens is 1. The molecule has 110 valence electrons. The molecule has 1 saturated carbocycles. The second-order valence-corrected chi connectivity index (χ2v) is 5.95. The lowest BCUT2D eigenvalue weighted by Crippen LogP contribution is -2.31. The number of halogens is 1. The van der Waals surface area contributed by atoms with Crippen molar-refractivity contribution in [1.29, 1.82) is 0 Å². The van der Waals surface area contributed by atoms with E-state index in [1.807, 2.05) is 12.1 Å². The van der Waals surface area contributed by atoms with Gasteiger partial charge in [0.05, 0.1) is 24.1 Å². The van der Waals surface area contributed by atoms with E-state index in [0.29, 0.717) is 22.8 Å². The number of aliphatic hydroxyl groups is 1. The van der Waals surface area contributed by atoms with Gasteiger partial charge in [-0.3, -0.25) is 9.89 Å². The molecule has 1 aromatic carbocycles. The van der Waals surface area contributed by atoms with Gasteiger partial charge in [-0.2, -0.15) is 5.10 Å². The maximum absolute atomic E-state index is 12.3. The summed E-state index contributed by atoms with van der Waals surface area (Å²) in [5.41, 5.74) is 1.82. The maximum atomic E-state index is 12.3. The number of aliphatic hydroxyl groups excluding tert-OH is 1. The van der Waals surface area contributed by atoms with E-state index in [0.717, 1.165) is 18.4 Å². The van der Waals surface area contributed by atoms with Crippen LogP contribution in [0, 0.1) is 5.41 Å². The first-order chi connectivity index (χ1) is 10.1. The van der Waals surface area contributed by atoms with Crippen molar-refractivity contribution in [2.45, 2.75) is 12.8 Å². The summed E-state index contributed by atoms with van der Waals surface area (Å²) in [4.78, 5) is 12.3. The number of nitrogens with zero attached hydrogens (tertiary/aromatic N) is 1. The Kier molecular flexibility index (Phi) is 3.69. The number of carbonyl (C=O) groups excluding carboxylic acids is 1. The molecule has 1 heterocycles. The lowest BCUT2D eigenvalue weighted by molar-refractivity contribution is 0.0936. The minimum absolute atomic E-state index is 0.111. The van der Waals surface area contributed by atoms with Crippen molar-refractivity contribution in [3.8, 4) is 11.3 Å². The number of rotatable bonds is 5. The van der Waals surface area contributed by atoms with Crippen molar-refractivity contribution in [3.05, 3.63) is 41.0 Å². The Hall–Kier alpha value is -1.85. The molecule has 2 aromatic rings. The zero-order valence-electron chi connectivity index (χ0n) is 11.4. The second kappa shape index (κ2) is 5.50. The van der Waals surface area contributed by atoms with Gasteiger partial charge in [0.15, 0.2) is 0 Å². The minimum Gasteiger partial charge on any atom is -0.396 e. The molecule has 0 saturated heterocycles. The summed E-state index contributed by atoms with van der Waals surface area (Å²) in [6.07, 6.45) is 3.41. The number of aromatic nitrogens is 2. The molecule has 1 aliphatic carbocycles. The third kappa shape index (κ3) is 2.94. The zero-order valence-corrected chi connectivity index (χ0v) is 12.2. The number of benzene rings is 1. The number of hydrogen-bond acceptors (Lipinski definition) is 3. The van der Waals surface area contributed by atoms with Crippen molar-refractivity contribution >= 4 is 17.5 Å². The highest BCUT2D eigenvalue weighted by Crippen LogP contribution is 2.44. The third-order valence-corrected chi connectivity index (χ3v) is 4.15. The van der Waals surface area contributed by atoms with E-state index >= 15 is 0 Å². The molecule has 6 heteroatoms. The molecule has 21 heavy (non-hydrogen) atoms. The van der Waals surface area contributed by atoms with Crippen LogP contribution in [-0.4, -0.2) is 34.4 Å². The van der Waals surface area contributed by atoms with Crippen LogP contribution in [0.5, 0.6) is 0 Å². The van der Waals surface area contributed by atoms with Gasteiger partial charge in [0, 0.05) is 22.5 Å². The zero-order chi connectivity index (χ0) is 14.9. The van der Waals surface area contributed by atoms with Crippen LogP contribution >= 0.6 is 11.6 Å². The largest absolute Gasteiger partial charge is 0.396 e. The van der Waals surface area contributed by atoms with Gasteiger partial charge in [-0.15, -0.1) is 0 Å². The summed E-state index contributed by atoms with van der Waals surface area (Å²) >= 11 is 5.98. The molecule has 1 fully saturated rings. The van der Waals surface area contributed by atoms with E-state index in [1.165, 1.54) is 6.20 Å². The average Bonchev–Trinajstić information content (AvgIpc) is 3.11. The molecule has 1 aromatic heterocycles. The van der Waals surface area contributed by atoms with Crippen LogP contribution in [0.1, 0.15) is 23.2 Å². The molecule has 0 bridgehead atoms. The Morgan fingerprint density at radius 2 is 2.29 bits per heavy atom. The molecule has 0 atom stereocenters. The monoisotopic (exact) mass is 305 g/mol. The molecular formula is C15H16ClN3O2. The van der Waals surface area contributed by atoms with E-state index in [9.17, 15) is 9.90 Å². The highest BCUT2D eigenvalue weighted by Gasteiger charge is 2.42. The summed E-state index contributed by atoms with van der Waals surface area (Å²) in [5, 5.41) is 19.5. The third-order valence-electron chi connectivity index (χ3n) is 3.91. The van der Waals surface area contributed by atoms with Gasteiger partial charge >= 0.3 is 0 Å². The lowest BCUT2D eigenvalue weighted by atomic mass is 10.1. The van der Waals surface area contributed by atoms with Crippen molar-refractivity contribution in [2.24, 2.45) is 5.41 Å². The fraction of sp³-hybridized carbons (Fsp3) is 0.333. The van der Waals surface area contributed by atoms with Crippen molar-refractivity contribution in [3.63, 3.8) is 0 Å². The predicted octanol–water partition coefficient (Wildman–Crippen LogP) is 2.23. The Morgan fingerprint density at radius 3 is 2.95 bits per heavy atom. The number of hydrogen-bond donors (Lipinski definition) is 3. The van der Waals surface area contributed by atoms with Crippen molar-refractivity contribution < 1.29 is 9.90 Å². The van der Waals surface area contributed by atoms with Gasteiger partial charge in [0.25, 0.3) is 5.91 Å². The highest BCUT2D eigenvalue weighted by molar-refractivity contribution is 6.30. The summed E-state index contributed by atoms with van der Waals surface area (Å²) in [5.74, 6) is -0.196. The molecule has 1 amide bonds. The molecule has 3 rings (SSSR count). The number of aromatic amines is 1. The van der Waals surface area contributed by atoms with Gasteiger partial charge in [0.1, 0.15) is 0 Å². The first kappa shape index (κ1) is 14.1. The molecule has 0 unspecified atom stereocenters. The standard InChI is InChI=1S/C15H16ClN3O2/c16-11-3-1-2-10(6-11)13-12(7-18-19-13)14(21)17-8-15(9-20)4-5-15/h1-3,6-7,20H,4-5,8-9H2,(H,17,21)(H,18,19). The first-order valence-electron chi connectivity index (χ1n) is 6.82. The normalized spacial score (nSPS) is 15.7. The number of carbonyl (C=O) groups is 1. The lowest BCUT2D eigenvalue weighted by Gasteiger charge is -2.12. The van der Waals surface area contributed by atoms with Crippen LogP contribution in [0.4, 0.5) is 0 Å². The summed E-state index contributed by atoms with van der Waals surface area (Å²) in [7, 11) is 0. The summed E-state index contributed by atoms with van der Waals surface area (Å²) < 4.78 is 0. The second-order valence-electron chi connectivity index (χ2n) is 5.51. The van der Waals surface area contributed by atoms with Gasteiger partial charge in [-0.05, 0) is 25.0 Å². The van der Waals surface area contributed by atoms with Crippen molar-refractivity contribution in [2.75, 3.05) is 13.2 Å². The van der Waals surface area contributed by atoms with Crippen LogP contribution in [0.2, 0.25) is 5.02 Å². The van der Waals surface area contributed by atoms with Gasteiger partial charge in [-0.1, -0.05) is 23.7 Å². The van der Waals surface area contributed by atoms with Crippen molar-refractivity contribution in [1.82, 2.24) is 15.5 Å². The SMILES string of the molecule is O=C(NCC1(CO)CC1)c1cn[nH]c1-c1cccc(Cl)c1. The molecule has 0 radical (unpaired) electrons. The molecule has 1 aliphatic rings. The Morgan fingerprint density at radius 1 is 1.48 bits per heavy atom. The first-order valence-corrected chi connectivity index (χ1v) is 7.20. The summed E-state index contributed by atoms with van der Waals surface area (Å²) in [6.45, 7) is 0.600. The molecule has 0 spiro atoms. The van der Waals surface area contributed by atoms with Crippen LogP contribution in [-0.2, 0) is 0 Å².